The Morgan fingerprint density at radius 2 is 1.56 bits per heavy atom. The van der Waals surface area contributed by atoms with Crippen LogP contribution in [0.3, 0.4) is 0 Å². The SMILES string of the molecule is NC(N)=O.N[C@@H](C=O)[C@@H](O)[C@H](O)[C@H](O)CO. The molecule has 9 nitrogen and oxygen atoms in total. The van der Waals surface area contributed by atoms with Gasteiger partial charge in [0.05, 0.1) is 12.6 Å². The second-order valence-corrected chi connectivity index (χ2v) is 2.85. The first kappa shape index (κ1) is 17.1. The molecule has 0 aromatic heterocycles. The first-order valence-corrected chi connectivity index (χ1v) is 4.18. The second-order valence-electron chi connectivity index (χ2n) is 2.85. The van der Waals surface area contributed by atoms with E-state index in [0.717, 1.165) is 0 Å². The summed E-state index contributed by atoms with van der Waals surface area (Å²) in [5.74, 6) is 0. The zero-order valence-corrected chi connectivity index (χ0v) is 8.43. The molecule has 0 unspecified atom stereocenters. The summed E-state index contributed by atoms with van der Waals surface area (Å²) in [5.41, 5.74) is 13.5. The van der Waals surface area contributed by atoms with Crippen LogP contribution in [-0.4, -0.2) is 63.7 Å². The highest BCUT2D eigenvalue weighted by Gasteiger charge is 2.28. The lowest BCUT2D eigenvalue weighted by Gasteiger charge is -2.23. The summed E-state index contributed by atoms with van der Waals surface area (Å²) in [6.07, 6.45) is -4.43. The lowest BCUT2D eigenvalue weighted by atomic mass is 10.0. The lowest BCUT2D eigenvalue weighted by molar-refractivity contribution is -0.118. The van der Waals surface area contributed by atoms with Crippen LogP contribution in [0.4, 0.5) is 4.79 Å². The molecule has 2 amide bonds. The van der Waals surface area contributed by atoms with Gasteiger partial charge in [-0.05, 0) is 0 Å². The predicted molar refractivity (Wildman–Crippen MR) is 52.9 cm³/mol. The van der Waals surface area contributed by atoms with Crippen molar-refractivity contribution in [2.45, 2.75) is 24.4 Å². The summed E-state index contributed by atoms with van der Waals surface area (Å²) in [4.78, 5) is 19.0. The zero-order valence-electron chi connectivity index (χ0n) is 8.43. The molecule has 0 saturated carbocycles. The molecule has 0 aliphatic rings. The number of urea groups is 1. The van der Waals surface area contributed by atoms with Gasteiger partial charge in [0.15, 0.2) is 0 Å². The highest BCUT2D eigenvalue weighted by Crippen LogP contribution is 2.01. The quantitative estimate of drug-likeness (QED) is 0.235. The van der Waals surface area contributed by atoms with Crippen molar-refractivity contribution >= 4 is 12.3 Å². The average molecular weight is 239 g/mol. The molecule has 0 aliphatic carbocycles. The van der Waals surface area contributed by atoms with E-state index in [0.29, 0.717) is 0 Å². The molecule has 0 aliphatic heterocycles. The number of aliphatic hydroxyl groups is 4. The normalized spacial score (nSPS) is 17.3. The van der Waals surface area contributed by atoms with Crippen LogP contribution < -0.4 is 17.2 Å². The Morgan fingerprint density at radius 3 is 1.81 bits per heavy atom. The van der Waals surface area contributed by atoms with Gasteiger partial charge >= 0.3 is 6.03 Å². The molecule has 0 aromatic carbocycles. The number of carbonyl (C=O) groups is 2. The van der Waals surface area contributed by atoms with Crippen molar-refractivity contribution in [3.8, 4) is 0 Å². The fourth-order valence-electron chi connectivity index (χ4n) is 0.644. The van der Waals surface area contributed by atoms with Crippen LogP contribution in [0.5, 0.6) is 0 Å². The molecule has 0 heterocycles. The van der Waals surface area contributed by atoms with Gasteiger partial charge in [-0.25, -0.2) is 4.79 Å². The van der Waals surface area contributed by atoms with E-state index in [1.807, 2.05) is 0 Å². The van der Waals surface area contributed by atoms with Crippen molar-refractivity contribution in [2.75, 3.05) is 6.61 Å². The molecule has 0 spiro atoms. The molecule has 4 atom stereocenters. The first-order chi connectivity index (χ1) is 7.27. The van der Waals surface area contributed by atoms with Crippen LogP contribution in [0.15, 0.2) is 0 Å². The molecule has 16 heavy (non-hydrogen) atoms. The number of hydrogen-bond donors (Lipinski definition) is 7. The number of primary amides is 2. The van der Waals surface area contributed by atoms with E-state index in [2.05, 4.69) is 11.5 Å². The van der Waals surface area contributed by atoms with Gasteiger partial charge in [-0.15, -0.1) is 0 Å². The van der Waals surface area contributed by atoms with Gasteiger partial charge in [-0.1, -0.05) is 0 Å². The Kier molecular flexibility index (Phi) is 9.65. The highest BCUT2D eigenvalue weighted by molar-refractivity contribution is 5.69. The standard InChI is InChI=1S/C6H13NO5.CH4N2O/c7-3(1-8)5(11)6(12)4(10)2-9;2-1(3)4/h1,3-6,9-12H,2,7H2;(H4,2,3,4)/t3-,4+,5+,6+;/m0./s1. The maximum Gasteiger partial charge on any atom is 0.309 e. The maximum absolute atomic E-state index is 10.0. The molecule has 0 saturated heterocycles. The lowest BCUT2D eigenvalue weighted by Crippen LogP contribution is -2.49. The van der Waals surface area contributed by atoms with E-state index >= 15 is 0 Å². The van der Waals surface area contributed by atoms with Crippen molar-refractivity contribution in [1.29, 1.82) is 0 Å². The molecule has 0 fully saturated rings. The third-order valence-electron chi connectivity index (χ3n) is 1.48. The largest absolute Gasteiger partial charge is 0.394 e. The van der Waals surface area contributed by atoms with Crippen LogP contribution in [-0.2, 0) is 4.79 Å². The molecule has 0 radical (unpaired) electrons. The zero-order chi connectivity index (χ0) is 13.3. The van der Waals surface area contributed by atoms with Crippen molar-refractivity contribution in [3.63, 3.8) is 0 Å². The van der Waals surface area contributed by atoms with Crippen molar-refractivity contribution in [2.24, 2.45) is 17.2 Å². The number of carbonyl (C=O) groups excluding carboxylic acids is 2. The maximum atomic E-state index is 10.0. The van der Waals surface area contributed by atoms with Crippen LogP contribution in [0.1, 0.15) is 0 Å². The smallest absolute Gasteiger partial charge is 0.309 e. The van der Waals surface area contributed by atoms with Gasteiger partial charge in [0.25, 0.3) is 0 Å². The van der Waals surface area contributed by atoms with E-state index in [-0.39, 0.29) is 6.29 Å². The summed E-state index contributed by atoms with van der Waals surface area (Å²) in [6, 6.07) is -2.10. The number of hydrogen-bond acceptors (Lipinski definition) is 7. The van der Waals surface area contributed by atoms with Gasteiger partial charge < -0.3 is 42.4 Å². The third-order valence-corrected chi connectivity index (χ3v) is 1.48. The Balaban J connectivity index is 0. The topological polar surface area (TPSA) is 193 Å². The fraction of sp³-hybridized carbons (Fsp3) is 0.714. The monoisotopic (exact) mass is 239 g/mol. The first-order valence-electron chi connectivity index (χ1n) is 4.18. The molecule has 0 bridgehead atoms. The van der Waals surface area contributed by atoms with Gasteiger partial charge in [-0.2, -0.15) is 0 Å². The molecular formula is C7H17N3O6. The predicted octanol–water partition coefficient (Wildman–Crippen LogP) is -4.39. The summed E-state index contributed by atoms with van der Waals surface area (Å²) < 4.78 is 0. The van der Waals surface area contributed by atoms with Crippen molar-refractivity contribution in [3.05, 3.63) is 0 Å². The average Bonchev–Trinajstić information content (AvgIpc) is 2.24. The van der Waals surface area contributed by atoms with Crippen LogP contribution in [0.2, 0.25) is 0 Å². The highest BCUT2D eigenvalue weighted by atomic mass is 16.4. The molecule has 0 rings (SSSR count). The number of aldehydes is 1. The Hall–Kier alpha value is -1.26. The molecule has 10 N–H and O–H groups in total. The number of aliphatic hydroxyl groups excluding tert-OH is 4. The Morgan fingerprint density at radius 1 is 1.19 bits per heavy atom. The minimum Gasteiger partial charge on any atom is -0.394 e. The third kappa shape index (κ3) is 8.08. The second kappa shape index (κ2) is 9.00. The van der Waals surface area contributed by atoms with Crippen molar-refractivity contribution < 1.29 is 30.0 Å². The van der Waals surface area contributed by atoms with Crippen LogP contribution in [0, 0.1) is 0 Å². The number of rotatable bonds is 5. The van der Waals surface area contributed by atoms with Crippen LogP contribution >= 0.6 is 0 Å². The summed E-state index contributed by atoms with van der Waals surface area (Å²) in [5, 5.41) is 35.2. The van der Waals surface area contributed by atoms with Gasteiger partial charge in [0.2, 0.25) is 0 Å². The summed E-state index contributed by atoms with van der Waals surface area (Å²) in [7, 11) is 0. The number of nitrogens with two attached hydrogens (primary N) is 3. The van der Waals surface area contributed by atoms with E-state index in [1.54, 1.807) is 0 Å². The van der Waals surface area contributed by atoms with E-state index < -0.39 is 37.0 Å². The molecule has 0 aromatic rings. The molecule has 96 valence electrons. The summed E-state index contributed by atoms with van der Waals surface area (Å²) in [6.45, 7) is -0.705. The van der Waals surface area contributed by atoms with Crippen molar-refractivity contribution in [1.82, 2.24) is 0 Å². The van der Waals surface area contributed by atoms with E-state index in [4.69, 9.17) is 31.0 Å². The fourth-order valence-corrected chi connectivity index (χ4v) is 0.644. The minimum atomic E-state index is -1.62. The minimum absolute atomic E-state index is 0.248. The Labute approximate surface area is 91.5 Å². The van der Waals surface area contributed by atoms with Gasteiger partial charge in [0.1, 0.15) is 24.6 Å². The van der Waals surface area contributed by atoms with E-state index in [9.17, 15) is 4.79 Å². The van der Waals surface area contributed by atoms with Crippen LogP contribution in [0.25, 0.3) is 0 Å². The van der Waals surface area contributed by atoms with E-state index in [1.165, 1.54) is 0 Å². The van der Waals surface area contributed by atoms with Gasteiger partial charge in [-0.3, -0.25) is 0 Å². The molecular weight excluding hydrogens is 222 g/mol. The molecule has 9 heteroatoms. The number of amides is 2. The van der Waals surface area contributed by atoms with Gasteiger partial charge in [0, 0.05) is 0 Å². The summed E-state index contributed by atoms with van der Waals surface area (Å²) >= 11 is 0. The Bertz CT molecular complexity index is 210.